The summed E-state index contributed by atoms with van der Waals surface area (Å²) in [5.74, 6) is 0.501. The molecule has 1 aliphatic carbocycles. The summed E-state index contributed by atoms with van der Waals surface area (Å²) in [4.78, 5) is 24.1. The maximum absolute atomic E-state index is 12.3. The lowest BCUT2D eigenvalue weighted by Crippen LogP contribution is -2.32. The van der Waals surface area contributed by atoms with Gasteiger partial charge in [-0.25, -0.2) is 0 Å². The third-order valence-electron chi connectivity index (χ3n) is 3.95. The lowest BCUT2D eigenvalue weighted by atomic mass is 10.0. The number of hydrogen-bond donors (Lipinski definition) is 1. The molecule has 114 valence electrons. The van der Waals surface area contributed by atoms with E-state index in [2.05, 4.69) is 5.32 Å². The van der Waals surface area contributed by atoms with Crippen LogP contribution in [0.5, 0.6) is 5.75 Å². The second-order valence-corrected chi connectivity index (χ2v) is 5.68. The van der Waals surface area contributed by atoms with E-state index in [1.807, 2.05) is 19.1 Å². The maximum Gasteiger partial charge on any atom is 0.220 e. The van der Waals surface area contributed by atoms with E-state index in [0.29, 0.717) is 17.4 Å². The molecule has 0 spiro atoms. The molecular weight excluding hydrogens is 266 g/mol. The molecular formula is C17H23NO3. The third-order valence-corrected chi connectivity index (χ3v) is 3.95. The highest BCUT2D eigenvalue weighted by molar-refractivity contribution is 6.00. The van der Waals surface area contributed by atoms with Crippen molar-refractivity contribution < 1.29 is 14.3 Å². The molecule has 0 aliphatic heterocycles. The van der Waals surface area contributed by atoms with Gasteiger partial charge in [0.1, 0.15) is 5.75 Å². The zero-order chi connectivity index (χ0) is 15.2. The molecule has 0 radical (unpaired) electrons. The van der Waals surface area contributed by atoms with E-state index in [4.69, 9.17) is 4.74 Å². The number of carbonyl (C=O) groups is 2. The first-order valence-electron chi connectivity index (χ1n) is 7.57. The normalized spacial score (nSPS) is 15.0. The average Bonchev–Trinajstić information content (AvgIpc) is 2.97. The van der Waals surface area contributed by atoms with E-state index < -0.39 is 0 Å². The molecule has 4 heteroatoms. The number of hydrogen-bond acceptors (Lipinski definition) is 3. The van der Waals surface area contributed by atoms with E-state index in [1.165, 1.54) is 12.8 Å². The zero-order valence-electron chi connectivity index (χ0n) is 12.8. The summed E-state index contributed by atoms with van der Waals surface area (Å²) in [6, 6.07) is 5.82. The molecule has 0 atom stereocenters. The van der Waals surface area contributed by atoms with Gasteiger partial charge < -0.3 is 10.1 Å². The third kappa shape index (κ3) is 4.31. The second kappa shape index (κ2) is 7.25. The van der Waals surface area contributed by atoms with Crippen molar-refractivity contribution in [1.82, 2.24) is 5.32 Å². The van der Waals surface area contributed by atoms with Crippen molar-refractivity contribution in [1.29, 1.82) is 0 Å². The molecule has 0 unspecified atom stereocenters. The second-order valence-electron chi connectivity index (χ2n) is 5.68. The van der Waals surface area contributed by atoms with Gasteiger partial charge in [0.15, 0.2) is 5.78 Å². The summed E-state index contributed by atoms with van der Waals surface area (Å²) in [7, 11) is 1.55. The Morgan fingerprint density at radius 1 is 1.24 bits per heavy atom. The van der Waals surface area contributed by atoms with E-state index in [9.17, 15) is 9.59 Å². The highest BCUT2D eigenvalue weighted by Gasteiger charge is 2.18. The van der Waals surface area contributed by atoms with Gasteiger partial charge in [-0.2, -0.15) is 0 Å². The summed E-state index contributed by atoms with van der Waals surface area (Å²) in [6.45, 7) is 1.93. The molecule has 1 amide bonds. The quantitative estimate of drug-likeness (QED) is 0.819. The van der Waals surface area contributed by atoms with Crippen LogP contribution in [-0.4, -0.2) is 24.8 Å². The van der Waals surface area contributed by atoms with Gasteiger partial charge in [0, 0.05) is 18.9 Å². The number of aryl methyl sites for hydroxylation is 1. The number of methoxy groups -OCH3 is 1. The standard InChI is InChI=1S/C17H23NO3/c1-12-7-9-16(21-2)14(11-12)15(19)8-10-17(20)18-13-5-3-4-6-13/h7,9,11,13H,3-6,8,10H2,1-2H3,(H,18,20). The van der Waals surface area contributed by atoms with Crippen LogP contribution in [0.15, 0.2) is 18.2 Å². The minimum Gasteiger partial charge on any atom is -0.496 e. The first-order valence-corrected chi connectivity index (χ1v) is 7.57. The number of carbonyl (C=O) groups excluding carboxylic acids is 2. The van der Waals surface area contributed by atoms with Gasteiger partial charge in [-0.3, -0.25) is 9.59 Å². The van der Waals surface area contributed by atoms with Gasteiger partial charge in [-0.05, 0) is 31.9 Å². The first-order chi connectivity index (χ1) is 10.1. The highest BCUT2D eigenvalue weighted by Crippen LogP contribution is 2.22. The Balaban J connectivity index is 1.89. The van der Waals surface area contributed by atoms with Crippen LogP contribution in [0.25, 0.3) is 0 Å². The fourth-order valence-electron chi connectivity index (χ4n) is 2.77. The SMILES string of the molecule is COc1ccc(C)cc1C(=O)CCC(=O)NC1CCCC1. The molecule has 1 fully saturated rings. The van der Waals surface area contributed by atoms with Crippen LogP contribution in [0.1, 0.15) is 54.4 Å². The Morgan fingerprint density at radius 2 is 1.95 bits per heavy atom. The number of amides is 1. The summed E-state index contributed by atoms with van der Waals surface area (Å²) >= 11 is 0. The summed E-state index contributed by atoms with van der Waals surface area (Å²) in [5.41, 5.74) is 1.57. The molecule has 1 aromatic rings. The van der Waals surface area contributed by atoms with Gasteiger partial charge >= 0.3 is 0 Å². The number of benzene rings is 1. The molecule has 21 heavy (non-hydrogen) atoms. The molecule has 1 aromatic carbocycles. The lowest BCUT2D eigenvalue weighted by molar-refractivity contribution is -0.121. The van der Waals surface area contributed by atoms with Crippen molar-refractivity contribution in [2.24, 2.45) is 0 Å². The van der Waals surface area contributed by atoms with Crippen LogP contribution >= 0.6 is 0 Å². The van der Waals surface area contributed by atoms with Crippen molar-refractivity contribution in [3.8, 4) is 5.75 Å². The first kappa shape index (κ1) is 15.5. The monoisotopic (exact) mass is 289 g/mol. The predicted molar refractivity (Wildman–Crippen MR) is 81.7 cm³/mol. The molecule has 0 bridgehead atoms. The average molecular weight is 289 g/mol. The van der Waals surface area contributed by atoms with Gasteiger partial charge in [0.2, 0.25) is 5.91 Å². The van der Waals surface area contributed by atoms with Crippen LogP contribution in [0.3, 0.4) is 0 Å². The Hall–Kier alpha value is -1.84. The summed E-state index contributed by atoms with van der Waals surface area (Å²) < 4.78 is 5.21. The van der Waals surface area contributed by atoms with Crippen molar-refractivity contribution >= 4 is 11.7 Å². The number of nitrogens with one attached hydrogen (secondary N) is 1. The van der Waals surface area contributed by atoms with E-state index in [1.54, 1.807) is 13.2 Å². The largest absolute Gasteiger partial charge is 0.496 e. The van der Waals surface area contributed by atoms with Crippen LogP contribution < -0.4 is 10.1 Å². The summed E-state index contributed by atoms with van der Waals surface area (Å²) in [6.07, 6.45) is 4.95. The van der Waals surface area contributed by atoms with Crippen molar-refractivity contribution in [3.05, 3.63) is 29.3 Å². The smallest absolute Gasteiger partial charge is 0.220 e. The number of ketones is 1. The van der Waals surface area contributed by atoms with E-state index >= 15 is 0 Å². The van der Waals surface area contributed by atoms with Crippen LogP contribution in [-0.2, 0) is 4.79 Å². The molecule has 0 saturated heterocycles. The lowest BCUT2D eigenvalue weighted by Gasteiger charge is -2.12. The van der Waals surface area contributed by atoms with E-state index in [0.717, 1.165) is 18.4 Å². The fourth-order valence-corrected chi connectivity index (χ4v) is 2.77. The molecule has 1 saturated carbocycles. The van der Waals surface area contributed by atoms with Gasteiger partial charge in [0.05, 0.1) is 12.7 Å². The molecule has 4 nitrogen and oxygen atoms in total. The molecule has 0 aromatic heterocycles. The van der Waals surface area contributed by atoms with Crippen molar-refractivity contribution in [2.45, 2.75) is 51.5 Å². The number of rotatable bonds is 6. The Labute approximate surface area is 125 Å². The van der Waals surface area contributed by atoms with Gasteiger partial charge in [-0.1, -0.05) is 24.5 Å². The summed E-state index contributed by atoms with van der Waals surface area (Å²) in [5, 5.41) is 3.00. The zero-order valence-corrected chi connectivity index (χ0v) is 12.8. The van der Waals surface area contributed by atoms with Crippen molar-refractivity contribution in [3.63, 3.8) is 0 Å². The van der Waals surface area contributed by atoms with Gasteiger partial charge in [-0.15, -0.1) is 0 Å². The number of Topliss-reactive ketones (excluding diaryl/α,β-unsaturated/α-hetero) is 1. The van der Waals surface area contributed by atoms with E-state index in [-0.39, 0.29) is 24.5 Å². The predicted octanol–water partition coefficient (Wildman–Crippen LogP) is 3.03. The van der Waals surface area contributed by atoms with Crippen LogP contribution in [0, 0.1) is 6.92 Å². The molecule has 0 heterocycles. The Kier molecular flexibility index (Phi) is 5.37. The van der Waals surface area contributed by atoms with Crippen LogP contribution in [0.2, 0.25) is 0 Å². The topological polar surface area (TPSA) is 55.4 Å². The maximum atomic E-state index is 12.3. The Morgan fingerprint density at radius 3 is 2.62 bits per heavy atom. The highest BCUT2D eigenvalue weighted by atomic mass is 16.5. The minimum absolute atomic E-state index is 0.0260. The number of ether oxygens (including phenoxy) is 1. The van der Waals surface area contributed by atoms with Crippen molar-refractivity contribution in [2.75, 3.05) is 7.11 Å². The molecule has 2 rings (SSSR count). The molecule has 1 aliphatic rings. The fraction of sp³-hybridized carbons (Fsp3) is 0.529. The minimum atomic E-state index is -0.0443. The van der Waals surface area contributed by atoms with Crippen LogP contribution in [0.4, 0.5) is 0 Å². The Bertz CT molecular complexity index is 519. The van der Waals surface area contributed by atoms with Gasteiger partial charge in [0.25, 0.3) is 0 Å². The molecule has 1 N–H and O–H groups in total.